The molecule has 86 valence electrons. The van der Waals surface area contributed by atoms with Gasteiger partial charge in [-0.3, -0.25) is 9.89 Å². The van der Waals surface area contributed by atoms with Gasteiger partial charge >= 0.3 is 5.97 Å². The van der Waals surface area contributed by atoms with E-state index in [9.17, 15) is 9.59 Å². The highest BCUT2D eigenvalue weighted by Crippen LogP contribution is 2.03. The van der Waals surface area contributed by atoms with Crippen LogP contribution in [-0.4, -0.2) is 28.6 Å². The van der Waals surface area contributed by atoms with Gasteiger partial charge in [0.25, 0.3) is 5.78 Å². The minimum absolute atomic E-state index is 0.186. The standard InChI is InChI=1S/C10H13N3O3/c1-3-16-10(15)8(14)6-7(2)12-9-4-5-11-13-9/h4-6H,3H2,1-2H3,(H2,11,12,13)/b7-6+. The van der Waals surface area contributed by atoms with Gasteiger partial charge in [0.15, 0.2) is 0 Å². The van der Waals surface area contributed by atoms with Gasteiger partial charge in [0.2, 0.25) is 0 Å². The molecule has 2 N–H and O–H groups in total. The SMILES string of the molecule is CCOC(=O)C(=O)/C=C(\C)Nc1ccn[nH]1. The maximum absolute atomic E-state index is 11.3. The molecule has 0 unspecified atom stereocenters. The molecule has 1 rings (SSSR count). The Morgan fingerprint density at radius 1 is 1.62 bits per heavy atom. The van der Waals surface area contributed by atoms with E-state index in [-0.39, 0.29) is 6.61 Å². The van der Waals surface area contributed by atoms with Crippen molar-refractivity contribution in [3.63, 3.8) is 0 Å². The minimum atomic E-state index is -0.853. The minimum Gasteiger partial charge on any atom is -0.460 e. The van der Waals surface area contributed by atoms with Crippen molar-refractivity contribution < 1.29 is 14.3 Å². The number of aromatic nitrogens is 2. The third kappa shape index (κ3) is 3.56. The third-order valence-corrected chi connectivity index (χ3v) is 1.66. The van der Waals surface area contributed by atoms with Gasteiger partial charge in [-0.2, -0.15) is 5.10 Å². The summed E-state index contributed by atoms with van der Waals surface area (Å²) in [7, 11) is 0. The molecule has 0 spiro atoms. The highest BCUT2D eigenvalue weighted by Gasteiger charge is 2.11. The van der Waals surface area contributed by atoms with Crippen molar-refractivity contribution in [1.82, 2.24) is 10.2 Å². The predicted octanol–water partition coefficient (Wildman–Crippen LogP) is 0.858. The molecule has 0 aliphatic heterocycles. The predicted molar refractivity (Wildman–Crippen MR) is 57.6 cm³/mol. The quantitative estimate of drug-likeness (QED) is 0.439. The zero-order valence-corrected chi connectivity index (χ0v) is 9.11. The molecule has 0 fully saturated rings. The van der Waals surface area contributed by atoms with Crippen LogP contribution in [0.1, 0.15) is 13.8 Å². The van der Waals surface area contributed by atoms with Crippen LogP contribution in [0.15, 0.2) is 24.0 Å². The van der Waals surface area contributed by atoms with E-state index in [2.05, 4.69) is 20.3 Å². The van der Waals surface area contributed by atoms with Crippen LogP contribution in [0, 0.1) is 0 Å². The second-order valence-electron chi connectivity index (χ2n) is 3.01. The molecule has 0 radical (unpaired) electrons. The van der Waals surface area contributed by atoms with Gasteiger partial charge in [0, 0.05) is 17.8 Å². The lowest BCUT2D eigenvalue weighted by atomic mass is 10.3. The molecule has 6 heteroatoms. The molecule has 0 saturated carbocycles. The average Bonchev–Trinajstić information content (AvgIpc) is 2.70. The van der Waals surface area contributed by atoms with Gasteiger partial charge in [0.05, 0.1) is 12.8 Å². The van der Waals surface area contributed by atoms with Crippen molar-refractivity contribution in [3.05, 3.63) is 24.0 Å². The van der Waals surface area contributed by atoms with Gasteiger partial charge in [0.1, 0.15) is 5.82 Å². The van der Waals surface area contributed by atoms with E-state index in [0.29, 0.717) is 11.5 Å². The van der Waals surface area contributed by atoms with Crippen LogP contribution < -0.4 is 5.32 Å². The zero-order valence-electron chi connectivity index (χ0n) is 9.11. The Labute approximate surface area is 92.7 Å². The zero-order chi connectivity index (χ0) is 12.0. The molecule has 1 aromatic heterocycles. The molecule has 6 nitrogen and oxygen atoms in total. The van der Waals surface area contributed by atoms with Gasteiger partial charge in [-0.15, -0.1) is 0 Å². The number of rotatable bonds is 5. The Kier molecular flexibility index (Phi) is 4.26. The third-order valence-electron chi connectivity index (χ3n) is 1.66. The van der Waals surface area contributed by atoms with Crippen LogP contribution in [0.5, 0.6) is 0 Å². The lowest BCUT2D eigenvalue weighted by Crippen LogP contribution is -2.16. The Bertz CT molecular complexity index is 395. The van der Waals surface area contributed by atoms with Crippen LogP contribution in [0.25, 0.3) is 0 Å². The number of aromatic amines is 1. The second kappa shape index (κ2) is 5.69. The number of nitrogens with zero attached hydrogens (tertiary/aromatic N) is 1. The average molecular weight is 223 g/mol. The van der Waals surface area contributed by atoms with Crippen LogP contribution in [0.4, 0.5) is 5.82 Å². The van der Waals surface area contributed by atoms with Crippen molar-refractivity contribution in [3.8, 4) is 0 Å². The first-order valence-corrected chi connectivity index (χ1v) is 4.79. The summed E-state index contributed by atoms with van der Waals surface area (Å²) in [5.74, 6) is -0.898. The van der Waals surface area contributed by atoms with Crippen LogP contribution in [0.2, 0.25) is 0 Å². The van der Waals surface area contributed by atoms with Crippen molar-refractivity contribution in [2.75, 3.05) is 11.9 Å². The molecule has 0 bridgehead atoms. The molecule has 0 saturated heterocycles. The molecular formula is C10H13N3O3. The molecule has 0 aliphatic carbocycles. The Morgan fingerprint density at radius 2 is 2.38 bits per heavy atom. The number of hydrogen-bond acceptors (Lipinski definition) is 5. The number of esters is 1. The summed E-state index contributed by atoms with van der Waals surface area (Å²) in [5, 5.41) is 9.26. The fourth-order valence-electron chi connectivity index (χ4n) is 1.03. The highest BCUT2D eigenvalue weighted by atomic mass is 16.5. The Morgan fingerprint density at radius 3 is 2.94 bits per heavy atom. The molecule has 16 heavy (non-hydrogen) atoms. The molecule has 0 aromatic carbocycles. The number of carbonyl (C=O) groups is 2. The maximum Gasteiger partial charge on any atom is 0.379 e. The number of hydrogen-bond donors (Lipinski definition) is 2. The number of H-pyrrole nitrogens is 1. The van der Waals surface area contributed by atoms with E-state index >= 15 is 0 Å². The largest absolute Gasteiger partial charge is 0.460 e. The summed E-state index contributed by atoms with van der Waals surface area (Å²) >= 11 is 0. The molecule has 0 amide bonds. The van der Waals surface area contributed by atoms with Crippen LogP contribution in [0.3, 0.4) is 0 Å². The number of ketones is 1. The van der Waals surface area contributed by atoms with Crippen molar-refractivity contribution in [2.45, 2.75) is 13.8 Å². The Balaban J connectivity index is 2.56. The summed E-state index contributed by atoms with van der Waals surface area (Å²) in [5.41, 5.74) is 0.530. The summed E-state index contributed by atoms with van der Waals surface area (Å²) in [4.78, 5) is 22.3. The van der Waals surface area contributed by atoms with E-state index in [0.717, 1.165) is 0 Å². The monoisotopic (exact) mass is 223 g/mol. The topological polar surface area (TPSA) is 84.1 Å². The summed E-state index contributed by atoms with van der Waals surface area (Å²) < 4.78 is 4.56. The molecular weight excluding hydrogens is 210 g/mol. The first-order valence-electron chi connectivity index (χ1n) is 4.79. The van der Waals surface area contributed by atoms with E-state index < -0.39 is 11.8 Å². The number of anilines is 1. The molecule has 1 aromatic rings. The lowest BCUT2D eigenvalue weighted by Gasteiger charge is -2.02. The normalized spacial score (nSPS) is 11.0. The summed E-state index contributed by atoms with van der Waals surface area (Å²) in [6.45, 7) is 3.49. The fourth-order valence-corrected chi connectivity index (χ4v) is 1.03. The van der Waals surface area contributed by atoms with Crippen molar-refractivity contribution >= 4 is 17.6 Å². The lowest BCUT2D eigenvalue weighted by molar-refractivity contribution is -0.151. The maximum atomic E-state index is 11.3. The first kappa shape index (κ1) is 12.0. The Hall–Kier alpha value is -2.11. The highest BCUT2D eigenvalue weighted by molar-refractivity contribution is 6.38. The molecule has 0 atom stereocenters. The van der Waals surface area contributed by atoms with Crippen LogP contribution in [-0.2, 0) is 14.3 Å². The molecule has 1 heterocycles. The van der Waals surface area contributed by atoms with Gasteiger partial charge in [-0.1, -0.05) is 0 Å². The summed E-state index contributed by atoms with van der Waals surface area (Å²) in [6, 6.07) is 1.70. The number of ether oxygens (including phenoxy) is 1. The van der Waals surface area contributed by atoms with Gasteiger partial charge in [-0.25, -0.2) is 4.79 Å². The van der Waals surface area contributed by atoms with E-state index in [4.69, 9.17) is 0 Å². The number of allylic oxidation sites excluding steroid dienone is 1. The van der Waals surface area contributed by atoms with Gasteiger partial charge in [-0.05, 0) is 13.8 Å². The summed E-state index contributed by atoms with van der Waals surface area (Å²) in [6.07, 6.45) is 2.75. The smallest absolute Gasteiger partial charge is 0.379 e. The number of nitrogens with one attached hydrogen (secondary N) is 2. The van der Waals surface area contributed by atoms with E-state index in [1.807, 2.05) is 0 Å². The van der Waals surface area contributed by atoms with E-state index in [1.165, 1.54) is 6.08 Å². The van der Waals surface area contributed by atoms with Crippen molar-refractivity contribution in [1.29, 1.82) is 0 Å². The fraction of sp³-hybridized carbons (Fsp3) is 0.300. The number of carbonyl (C=O) groups excluding carboxylic acids is 2. The van der Waals surface area contributed by atoms with Gasteiger partial charge < -0.3 is 10.1 Å². The molecule has 0 aliphatic rings. The second-order valence-corrected chi connectivity index (χ2v) is 3.01. The van der Waals surface area contributed by atoms with E-state index in [1.54, 1.807) is 26.1 Å². The van der Waals surface area contributed by atoms with Crippen molar-refractivity contribution in [2.24, 2.45) is 0 Å². The van der Waals surface area contributed by atoms with Crippen LogP contribution >= 0.6 is 0 Å². The first-order chi connectivity index (χ1) is 7.63.